The van der Waals surface area contributed by atoms with Crippen LogP contribution in [0.2, 0.25) is 0 Å². The Morgan fingerprint density at radius 1 is 1.10 bits per heavy atom. The van der Waals surface area contributed by atoms with Gasteiger partial charge in [0, 0.05) is 19.6 Å². The number of alkyl halides is 3. The van der Waals surface area contributed by atoms with Crippen molar-refractivity contribution in [2.24, 2.45) is 5.92 Å². The summed E-state index contributed by atoms with van der Waals surface area (Å²) >= 11 is 0. The third-order valence-electron chi connectivity index (χ3n) is 6.41. The van der Waals surface area contributed by atoms with Crippen molar-refractivity contribution >= 4 is 0 Å². The predicted octanol–water partition coefficient (Wildman–Crippen LogP) is 4.03. The van der Waals surface area contributed by atoms with E-state index < -0.39 is 11.7 Å². The van der Waals surface area contributed by atoms with Gasteiger partial charge < -0.3 is 9.47 Å². The summed E-state index contributed by atoms with van der Waals surface area (Å²) < 4.78 is 50.6. The van der Waals surface area contributed by atoms with Crippen LogP contribution in [-0.2, 0) is 15.7 Å². The highest BCUT2D eigenvalue weighted by molar-refractivity contribution is 5.28. The number of benzene rings is 1. The van der Waals surface area contributed by atoms with E-state index in [4.69, 9.17) is 14.8 Å². The number of halogens is 3. The van der Waals surface area contributed by atoms with E-state index in [9.17, 15) is 13.2 Å². The zero-order valence-corrected chi connectivity index (χ0v) is 16.7. The molecule has 3 aliphatic rings. The number of nitrogens with zero attached hydrogens (tertiary/aromatic N) is 2. The Kier molecular flexibility index (Phi) is 6.79. The smallest absolute Gasteiger partial charge is 0.378 e. The zero-order chi connectivity index (χ0) is 20.3. The molecule has 1 aliphatic carbocycles. The second kappa shape index (κ2) is 9.33. The normalized spacial score (nSPS) is 30.0. The van der Waals surface area contributed by atoms with E-state index in [-0.39, 0.29) is 12.1 Å². The second-order valence-electron chi connectivity index (χ2n) is 8.57. The second-order valence-corrected chi connectivity index (χ2v) is 8.57. The maximum atomic E-state index is 12.9. The average Bonchev–Trinajstić information content (AvgIpc) is 3.26. The van der Waals surface area contributed by atoms with Crippen LogP contribution in [0.5, 0.6) is 0 Å². The SMILES string of the molecule is FC(F)(F)c1ccc(C2CC(COC3CCCC3)CN(C3COCC[N]3)C2)cc1. The lowest BCUT2D eigenvalue weighted by molar-refractivity contribution is -0.137. The molecule has 29 heavy (non-hydrogen) atoms. The van der Waals surface area contributed by atoms with E-state index in [0.29, 0.717) is 38.4 Å². The van der Waals surface area contributed by atoms with Crippen LogP contribution in [0.4, 0.5) is 13.2 Å². The van der Waals surface area contributed by atoms with Gasteiger partial charge in [0.2, 0.25) is 0 Å². The monoisotopic (exact) mass is 411 g/mol. The molecule has 161 valence electrons. The molecule has 3 unspecified atom stereocenters. The van der Waals surface area contributed by atoms with E-state index in [1.165, 1.54) is 25.0 Å². The number of hydrogen-bond acceptors (Lipinski definition) is 3. The fourth-order valence-corrected chi connectivity index (χ4v) is 4.85. The van der Waals surface area contributed by atoms with Crippen molar-refractivity contribution in [3.05, 3.63) is 35.4 Å². The van der Waals surface area contributed by atoms with Gasteiger partial charge in [-0.1, -0.05) is 25.0 Å². The highest BCUT2D eigenvalue weighted by atomic mass is 19.4. The van der Waals surface area contributed by atoms with Gasteiger partial charge in [-0.2, -0.15) is 13.2 Å². The molecule has 0 aromatic heterocycles. The molecule has 0 N–H and O–H groups in total. The summed E-state index contributed by atoms with van der Waals surface area (Å²) in [7, 11) is 0. The van der Waals surface area contributed by atoms with E-state index >= 15 is 0 Å². The fraction of sp³-hybridized carbons (Fsp3) is 0.727. The van der Waals surface area contributed by atoms with Crippen molar-refractivity contribution in [2.75, 3.05) is 39.5 Å². The molecular weight excluding hydrogens is 381 g/mol. The molecule has 2 aliphatic heterocycles. The molecule has 0 spiro atoms. The summed E-state index contributed by atoms with van der Waals surface area (Å²) in [6.45, 7) is 4.38. The zero-order valence-electron chi connectivity index (χ0n) is 16.7. The van der Waals surface area contributed by atoms with Gasteiger partial charge in [-0.05, 0) is 48.8 Å². The summed E-state index contributed by atoms with van der Waals surface area (Å²) in [4.78, 5) is 2.34. The van der Waals surface area contributed by atoms with Crippen molar-refractivity contribution < 1.29 is 22.6 Å². The summed E-state index contributed by atoms with van der Waals surface area (Å²) in [5, 5.41) is 4.71. The van der Waals surface area contributed by atoms with Gasteiger partial charge in [0.25, 0.3) is 0 Å². The van der Waals surface area contributed by atoms with Gasteiger partial charge in [-0.3, -0.25) is 4.90 Å². The van der Waals surface area contributed by atoms with Crippen LogP contribution >= 0.6 is 0 Å². The number of morpholine rings is 1. The first-order chi connectivity index (χ1) is 14.0. The third-order valence-corrected chi connectivity index (χ3v) is 6.41. The van der Waals surface area contributed by atoms with Crippen molar-refractivity contribution in [3.8, 4) is 0 Å². The maximum Gasteiger partial charge on any atom is 0.416 e. The third kappa shape index (κ3) is 5.51. The first kappa shape index (κ1) is 21.1. The van der Waals surface area contributed by atoms with Gasteiger partial charge in [-0.25, -0.2) is 5.32 Å². The number of rotatable bonds is 5. The molecule has 1 saturated carbocycles. The first-order valence-electron chi connectivity index (χ1n) is 10.8. The lowest BCUT2D eigenvalue weighted by atomic mass is 9.84. The molecule has 3 fully saturated rings. The van der Waals surface area contributed by atoms with Gasteiger partial charge >= 0.3 is 6.18 Å². The minimum absolute atomic E-state index is 0.0370. The Hall–Kier alpha value is -1.15. The largest absolute Gasteiger partial charge is 0.416 e. The quantitative estimate of drug-likeness (QED) is 0.734. The summed E-state index contributed by atoms with van der Waals surface area (Å²) in [6.07, 6.45) is 1.82. The highest BCUT2D eigenvalue weighted by Gasteiger charge is 2.35. The molecule has 2 heterocycles. The van der Waals surface area contributed by atoms with Gasteiger partial charge in [0.15, 0.2) is 0 Å². The van der Waals surface area contributed by atoms with Crippen molar-refractivity contribution in [1.82, 2.24) is 10.2 Å². The van der Waals surface area contributed by atoms with Crippen LogP contribution < -0.4 is 5.32 Å². The summed E-state index contributed by atoms with van der Waals surface area (Å²) in [5.41, 5.74) is 0.371. The number of ether oxygens (including phenoxy) is 2. The van der Waals surface area contributed by atoms with Crippen LogP contribution in [0.3, 0.4) is 0 Å². The Morgan fingerprint density at radius 2 is 1.86 bits per heavy atom. The number of likely N-dealkylation sites (tertiary alicyclic amines) is 1. The molecule has 0 amide bonds. The molecule has 2 saturated heterocycles. The Balaban J connectivity index is 1.45. The van der Waals surface area contributed by atoms with E-state index in [1.807, 2.05) is 0 Å². The van der Waals surface area contributed by atoms with Gasteiger partial charge in [-0.15, -0.1) is 0 Å². The fourth-order valence-electron chi connectivity index (χ4n) is 4.85. The highest BCUT2D eigenvalue weighted by Crippen LogP contribution is 2.35. The molecule has 0 bridgehead atoms. The maximum absolute atomic E-state index is 12.9. The van der Waals surface area contributed by atoms with Crippen LogP contribution in [0.15, 0.2) is 24.3 Å². The topological polar surface area (TPSA) is 35.8 Å². The number of hydrogen-bond donors (Lipinski definition) is 0. The lowest BCUT2D eigenvalue weighted by Crippen LogP contribution is -2.54. The van der Waals surface area contributed by atoms with Crippen molar-refractivity contribution in [1.29, 1.82) is 0 Å². The van der Waals surface area contributed by atoms with Crippen LogP contribution in [-0.4, -0.2) is 56.6 Å². The minimum atomic E-state index is -4.30. The predicted molar refractivity (Wildman–Crippen MR) is 104 cm³/mol. The van der Waals surface area contributed by atoms with Gasteiger partial charge in [0.05, 0.1) is 37.7 Å². The molecule has 1 aromatic rings. The van der Waals surface area contributed by atoms with E-state index in [2.05, 4.69) is 4.90 Å². The minimum Gasteiger partial charge on any atom is -0.378 e. The van der Waals surface area contributed by atoms with Crippen LogP contribution in [0.1, 0.15) is 49.1 Å². The van der Waals surface area contributed by atoms with E-state index in [1.54, 1.807) is 12.1 Å². The van der Waals surface area contributed by atoms with Crippen molar-refractivity contribution in [2.45, 2.75) is 56.5 Å². The summed E-state index contributed by atoms with van der Waals surface area (Å²) in [6, 6.07) is 5.68. The van der Waals surface area contributed by atoms with Crippen LogP contribution in [0.25, 0.3) is 0 Å². The molecule has 4 nitrogen and oxygen atoms in total. The lowest BCUT2D eigenvalue weighted by Gasteiger charge is -2.43. The molecular formula is C22H30F3N2O2. The Bertz CT molecular complexity index is 640. The van der Waals surface area contributed by atoms with Gasteiger partial charge in [0.1, 0.15) is 0 Å². The molecule has 3 atom stereocenters. The molecule has 4 rings (SSSR count). The number of piperidine rings is 1. The molecule has 7 heteroatoms. The molecule has 1 radical (unpaired) electrons. The summed E-state index contributed by atoms with van der Waals surface area (Å²) in [5.74, 6) is 0.536. The van der Waals surface area contributed by atoms with Crippen LogP contribution in [0, 0.1) is 5.92 Å². The average molecular weight is 411 g/mol. The standard InChI is InChI=1S/C22H30F3N2O2/c23-22(24,25)19-7-5-17(6-8-19)18-11-16(14-29-20-3-1-2-4-20)12-27(13-18)21-15-28-10-9-26-21/h5-8,16,18,20-21H,1-4,9-15H2. The molecule has 1 aromatic carbocycles. The van der Waals surface area contributed by atoms with E-state index in [0.717, 1.165) is 37.9 Å². The van der Waals surface area contributed by atoms with Crippen molar-refractivity contribution in [3.63, 3.8) is 0 Å². The Labute approximate surface area is 170 Å². The first-order valence-corrected chi connectivity index (χ1v) is 10.8. The Morgan fingerprint density at radius 3 is 2.52 bits per heavy atom.